The van der Waals surface area contributed by atoms with E-state index in [4.69, 9.17) is 14.4 Å². The Hall–Kier alpha value is -2.21. The molecule has 5 rings (SSSR count). The van der Waals surface area contributed by atoms with Crippen LogP contribution in [0.3, 0.4) is 0 Å². The Morgan fingerprint density at radius 1 is 1.35 bits per heavy atom. The molecular weight excluding hydrogens is 308 g/mol. The number of rotatable bonds is 1. The van der Waals surface area contributed by atoms with E-state index in [1.54, 1.807) is 6.26 Å². The fourth-order valence-electron chi connectivity index (χ4n) is 3.60. The minimum Gasteiger partial charge on any atom is -0.461 e. The van der Waals surface area contributed by atoms with Gasteiger partial charge in [-0.1, -0.05) is 6.92 Å². The summed E-state index contributed by atoms with van der Waals surface area (Å²) < 4.78 is 7.32. The van der Waals surface area contributed by atoms with E-state index in [0.29, 0.717) is 17.5 Å². The molecule has 0 saturated heterocycles. The summed E-state index contributed by atoms with van der Waals surface area (Å²) in [7, 11) is 0. The first-order valence-corrected chi connectivity index (χ1v) is 8.76. The highest BCUT2D eigenvalue weighted by Crippen LogP contribution is 2.43. The standard InChI is InChI=1S/C17H16N4OS/c1-9-5-3-7-12-13(9)14-16-19-15(11-6-4-8-22-11)20-21(16)10(2)18-17(14)23-12/h4,6,8-9H,3,5,7H2,1-2H3. The van der Waals surface area contributed by atoms with E-state index in [1.807, 2.05) is 34.9 Å². The summed E-state index contributed by atoms with van der Waals surface area (Å²) in [4.78, 5) is 12.1. The monoisotopic (exact) mass is 324 g/mol. The first-order valence-electron chi connectivity index (χ1n) is 7.95. The van der Waals surface area contributed by atoms with Crippen LogP contribution in [0.5, 0.6) is 0 Å². The SMILES string of the molecule is Cc1nc2sc3c(c2c2nc(-c4ccco4)nn12)C(C)CCC3. The van der Waals surface area contributed by atoms with Crippen molar-refractivity contribution in [2.75, 3.05) is 0 Å². The maximum atomic E-state index is 5.46. The third-order valence-corrected chi connectivity index (χ3v) is 5.84. The fraction of sp³-hybridized carbons (Fsp3) is 0.353. The molecule has 1 aliphatic rings. The van der Waals surface area contributed by atoms with E-state index in [-0.39, 0.29) is 0 Å². The van der Waals surface area contributed by atoms with Gasteiger partial charge in [-0.25, -0.2) is 9.97 Å². The average Bonchev–Trinajstić information content (AvgIpc) is 3.24. The van der Waals surface area contributed by atoms with Gasteiger partial charge in [0, 0.05) is 4.88 Å². The fourth-order valence-corrected chi connectivity index (χ4v) is 4.97. The number of aryl methyl sites for hydroxylation is 2. The van der Waals surface area contributed by atoms with Crippen LogP contribution in [0.2, 0.25) is 0 Å². The number of thiophene rings is 1. The van der Waals surface area contributed by atoms with Gasteiger partial charge in [-0.15, -0.1) is 16.4 Å². The Bertz CT molecular complexity index is 1030. The third-order valence-electron chi connectivity index (χ3n) is 4.68. The predicted octanol–water partition coefficient (Wildman–Crippen LogP) is 4.35. The van der Waals surface area contributed by atoms with E-state index < -0.39 is 0 Å². The second kappa shape index (κ2) is 4.64. The summed E-state index contributed by atoms with van der Waals surface area (Å²) >= 11 is 1.82. The van der Waals surface area contributed by atoms with E-state index in [1.165, 1.54) is 28.7 Å². The largest absolute Gasteiger partial charge is 0.461 e. The van der Waals surface area contributed by atoms with Gasteiger partial charge in [-0.05, 0) is 49.8 Å². The molecule has 1 aliphatic carbocycles. The molecule has 0 amide bonds. The molecule has 5 nitrogen and oxygen atoms in total. The molecule has 4 heterocycles. The van der Waals surface area contributed by atoms with Crippen LogP contribution in [0.15, 0.2) is 22.8 Å². The van der Waals surface area contributed by atoms with Gasteiger partial charge < -0.3 is 4.42 Å². The summed E-state index contributed by atoms with van der Waals surface area (Å²) in [6.45, 7) is 4.29. The topological polar surface area (TPSA) is 56.2 Å². The summed E-state index contributed by atoms with van der Waals surface area (Å²) in [6, 6.07) is 3.75. The molecule has 0 spiro atoms. The zero-order chi connectivity index (χ0) is 15.6. The highest BCUT2D eigenvalue weighted by Gasteiger charge is 2.26. The normalized spacial score (nSPS) is 17.9. The number of nitrogens with zero attached hydrogens (tertiary/aromatic N) is 4. The molecule has 1 unspecified atom stereocenters. The molecule has 0 aromatic carbocycles. The van der Waals surface area contributed by atoms with Gasteiger partial charge in [0.1, 0.15) is 10.7 Å². The number of furan rings is 1. The molecule has 116 valence electrons. The molecule has 0 aliphatic heterocycles. The minimum atomic E-state index is 0.560. The summed E-state index contributed by atoms with van der Waals surface area (Å²) in [6.07, 6.45) is 5.31. The van der Waals surface area contributed by atoms with Crippen molar-refractivity contribution in [3.8, 4) is 11.6 Å². The molecule has 6 heteroatoms. The Balaban J connectivity index is 1.89. The maximum Gasteiger partial charge on any atom is 0.217 e. The van der Waals surface area contributed by atoms with Gasteiger partial charge in [-0.2, -0.15) is 4.52 Å². The number of hydrogen-bond donors (Lipinski definition) is 0. The molecule has 1 atom stereocenters. The van der Waals surface area contributed by atoms with Crippen LogP contribution < -0.4 is 0 Å². The lowest BCUT2D eigenvalue weighted by atomic mass is 9.87. The first-order chi connectivity index (χ1) is 11.2. The summed E-state index contributed by atoms with van der Waals surface area (Å²) in [5.74, 6) is 2.74. The van der Waals surface area contributed by atoms with Crippen LogP contribution in [-0.4, -0.2) is 19.6 Å². The van der Waals surface area contributed by atoms with Gasteiger partial charge in [0.25, 0.3) is 0 Å². The van der Waals surface area contributed by atoms with Gasteiger partial charge in [0.15, 0.2) is 11.4 Å². The predicted molar refractivity (Wildman–Crippen MR) is 90.0 cm³/mol. The Morgan fingerprint density at radius 3 is 3.09 bits per heavy atom. The smallest absolute Gasteiger partial charge is 0.217 e. The molecule has 4 aromatic heterocycles. The van der Waals surface area contributed by atoms with Gasteiger partial charge in [0.2, 0.25) is 5.82 Å². The summed E-state index contributed by atoms with van der Waals surface area (Å²) in [5, 5.41) is 5.80. The van der Waals surface area contributed by atoms with Crippen LogP contribution >= 0.6 is 11.3 Å². The highest BCUT2D eigenvalue weighted by atomic mass is 32.1. The van der Waals surface area contributed by atoms with Crippen LogP contribution in [0.4, 0.5) is 0 Å². The van der Waals surface area contributed by atoms with Crippen molar-refractivity contribution in [1.82, 2.24) is 19.6 Å². The second-order valence-corrected chi connectivity index (χ2v) is 7.30. The summed E-state index contributed by atoms with van der Waals surface area (Å²) in [5.41, 5.74) is 2.34. The quantitative estimate of drug-likeness (QED) is 0.522. The second-order valence-electron chi connectivity index (χ2n) is 6.22. The first kappa shape index (κ1) is 13.2. The van der Waals surface area contributed by atoms with Crippen molar-refractivity contribution in [3.05, 3.63) is 34.7 Å². The highest BCUT2D eigenvalue weighted by molar-refractivity contribution is 7.19. The van der Waals surface area contributed by atoms with Crippen molar-refractivity contribution >= 4 is 27.2 Å². The van der Waals surface area contributed by atoms with Crippen molar-refractivity contribution in [1.29, 1.82) is 0 Å². The van der Waals surface area contributed by atoms with Crippen molar-refractivity contribution in [3.63, 3.8) is 0 Å². The number of aromatic nitrogens is 4. The van der Waals surface area contributed by atoms with E-state index in [9.17, 15) is 0 Å². The zero-order valence-electron chi connectivity index (χ0n) is 13.0. The van der Waals surface area contributed by atoms with Crippen LogP contribution in [-0.2, 0) is 6.42 Å². The van der Waals surface area contributed by atoms with Gasteiger partial charge in [-0.3, -0.25) is 0 Å². The molecule has 23 heavy (non-hydrogen) atoms. The average molecular weight is 324 g/mol. The lowest BCUT2D eigenvalue weighted by Crippen LogP contribution is -2.05. The number of hydrogen-bond acceptors (Lipinski definition) is 5. The van der Waals surface area contributed by atoms with Crippen LogP contribution in [0.1, 0.15) is 41.9 Å². The molecule has 0 saturated carbocycles. The number of fused-ring (bicyclic) bond motifs is 5. The maximum absolute atomic E-state index is 5.46. The molecule has 0 N–H and O–H groups in total. The molecule has 0 fully saturated rings. The van der Waals surface area contributed by atoms with Gasteiger partial charge in [0.05, 0.1) is 11.6 Å². The minimum absolute atomic E-state index is 0.560. The van der Waals surface area contributed by atoms with E-state index >= 15 is 0 Å². The van der Waals surface area contributed by atoms with E-state index in [0.717, 1.165) is 22.7 Å². The Morgan fingerprint density at radius 2 is 2.26 bits per heavy atom. The van der Waals surface area contributed by atoms with Gasteiger partial charge >= 0.3 is 0 Å². The van der Waals surface area contributed by atoms with Crippen LogP contribution in [0.25, 0.3) is 27.4 Å². The molecule has 4 aromatic rings. The van der Waals surface area contributed by atoms with Crippen molar-refractivity contribution in [2.24, 2.45) is 0 Å². The lowest BCUT2D eigenvalue weighted by Gasteiger charge is -2.18. The molecule has 0 radical (unpaired) electrons. The molecule has 0 bridgehead atoms. The van der Waals surface area contributed by atoms with Crippen molar-refractivity contribution < 1.29 is 4.42 Å². The Labute approximate surface area is 137 Å². The van der Waals surface area contributed by atoms with E-state index in [2.05, 4.69) is 12.0 Å². The van der Waals surface area contributed by atoms with Crippen LogP contribution in [0, 0.1) is 6.92 Å². The van der Waals surface area contributed by atoms with Crippen molar-refractivity contribution in [2.45, 2.75) is 39.0 Å². The Kier molecular flexibility index (Phi) is 2.68. The molecular formula is C17H16N4OS. The zero-order valence-corrected chi connectivity index (χ0v) is 13.9. The third kappa shape index (κ3) is 1.81. The lowest BCUT2D eigenvalue weighted by molar-refractivity contribution is 0.577.